The zero-order valence-electron chi connectivity index (χ0n) is 14.2. The Kier molecular flexibility index (Phi) is 2.95. The van der Waals surface area contributed by atoms with Crippen molar-refractivity contribution in [1.82, 2.24) is 4.98 Å². The van der Waals surface area contributed by atoms with Gasteiger partial charge >= 0.3 is 0 Å². The molecule has 2 heteroatoms. The van der Waals surface area contributed by atoms with Crippen LogP contribution in [0, 0.1) is 13.8 Å². The van der Waals surface area contributed by atoms with Gasteiger partial charge in [-0.1, -0.05) is 42.5 Å². The van der Waals surface area contributed by atoms with Gasteiger partial charge in [0, 0.05) is 21.7 Å². The Morgan fingerprint density at radius 1 is 0.760 bits per heavy atom. The van der Waals surface area contributed by atoms with E-state index in [2.05, 4.69) is 74.5 Å². The molecule has 0 bridgehead atoms. The highest BCUT2D eigenvalue weighted by atomic mass is 16.3. The molecule has 3 aromatic carbocycles. The van der Waals surface area contributed by atoms with Crippen LogP contribution in [0.4, 0.5) is 0 Å². The van der Waals surface area contributed by atoms with E-state index < -0.39 is 0 Å². The molecule has 0 aliphatic carbocycles. The minimum Gasteiger partial charge on any atom is -0.455 e. The van der Waals surface area contributed by atoms with E-state index in [0.717, 1.165) is 38.7 Å². The molecule has 5 rings (SSSR count). The molecule has 0 atom stereocenters. The van der Waals surface area contributed by atoms with Gasteiger partial charge in [0.15, 0.2) is 0 Å². The van der Waals surface area contributed by atoms with Crippen LogP contribution in [0.5, 0.6) is 0 Å². The molecule has 0 radical (unpaired) electrons. The van der Waals surface area contributed by atoms with Crippen molar-refractivity contribution in [2.45, 2.75) is 13.8 Å². The Labute approximate surface area is 145 Å². The molecule has 0 saturated carbocycles. The van der Waals surface area contributed by atoms with Crippen molar-refractivity contribution in [1.29, 1.82) is 0 Å². The van der Waals surface area contributed by atoms with Crippen molar-refractivity contribution in [3.8, 4) is 11.3 Å². The molecule has 0 N–H and O–H groups in total. The van der Waals surface area contributed by atoms with E-state index in [0.29, 0.717) is 0 Å². The predicted octanol–water partition coefficient (Wildman–Crippen LogP) is 6.42. The molecule has 0 aliphatic rings. The molecular formula is C23H17NO. The molecule has 0 saturated heterocycles. The van der Waals surface area contributed by atoms with Gasteiger partial charge in [-0.15, -0.1) is 0 Å². The van der Waals surface area contributed by atoms with Gasteiger partial charge in [-0.05, 0) is 49.2 Å². The van der Waals surface area contributed by atoms with Gasteiger partial charge in [0.2, 0.25) is 0 Å². The van der Waals surface area contributed by atoms with Crippen molar-refractivity contribution in [3.63, 3.8) is 0 Å². The minimum atomic E-state index is 0.908. The first-order valence-electron chi connectivity index (χ1n) is 8.49. The molecule has 2 nitrogen and oxygen atoms in total. The lowest BCUT2D eigenvalue weighted by molar-refractivity contribution is 0.669. The fourth-order valence-electron chi connectivity index (χ4n) is 3.59. The van der Waals surface area contributed by atoms with Crippen LogP contribution in [0.1, 0.15) is 11.1 Å². The minimum absolute atomic E-state index is 0.908. The maximum Gasteiger partial charge on any atom is 0.144 e. The smallest absolute Gasteiger partial charge is 0.144 e. The van der Waals surface area contributed by atoms with Crippen LogP contribution in [0.3, 0.4) is 0 Å². The maximum atomic E-state index is 6.23. The molecule has 0 fully saturated rings. The topological polar surface area (TPSA) is 26.0 Å². The van der Waals surface area contributed by atoms with E-state index in [1.807, 2.05) is 6.07 Å². The van der Waals surface area contributed by atoms with Gasteiger partial charge in [-0.25, -0.2) is 4.98 Å². The number of rotatable bonds is 1. The van der Waals surface area contributed by atoms with Crippen LogP contribution in [0.25, 0.3) is 44.1 Å². The molecule has 25 heavy (non-hydrogen) atoms. The highest BCUT2D eigenvalue weighted by molar-refractivity contribution is 6.09. The summed E-state index contributed by atoms with van der Waals surface area (Å²) in [6, 6.07) is 23.1. The summed E-state index contributed by atoms with van der Waals surface area (Å²) in [5.74, 6) is 0. The number of hydrogen-bond donors (Lipinski definition) is 0. The second-order valence-corrected chi connectivity index (χ2v) is 6.63. The van der Waals surface area contributed by atoms with Gasteiger partial charge in [-0.2, -0.15) is 0 Å². The number of aromatic nitrogens is 1. The lowest BCUT2D eigenvalue weighted by Gasteiger charge is -2.07. The number of benzene rings is 3. The monoisotopic (exact) mass is 323 g/mol. The number of hydrogen-bond acceptors (Lipinski definition) is 2. The molecule has 0 amide bonds. The highest BCUT2D eigenvalue weighted by Crippen LogP contribution is 2.36. The zero-order valence-corrected chi connectivity index (χ0v) is 14.2. The molecule has 0 unspecified atom stereocenters. The van der Waals surface area contributed by atoms with Crippen molar-refractivity contribution >= 4 is 32.8 Å². The quantitative estimate of drug-likeness (QED) is 0.356. The number of aryl methyl sites for hydroxylation is 2. The summed E-state index contributed by atoms with van der Waals surface area (Å²) in [5.41, 5.74) is 7.28. The fourth-order valence-corrected chi connectivity index (χ4v) is 3.59. The van der Waals surface area contributed by atoms with Crippen LogP contribution in [0.15, 0.2) is 71.1 Å². The van der Waals surface area contributed by atoms with Crippen molar-refractivity contribution in [3.05, 3.63) is 77.9 Å². The molecule has 5 aromatic rings. The van der Waals surface area contributed by atoms with Gasteiger partial charge in [0.25, 0.3) is 0 Å². The number of pyridine rings is 1. The van der Waals surface area contributed by atoms with E-state index >= 15 is 0 Å². The van der Waals surface area contributed by atoms with Crippen LogP contribution in [0.2, 0.25) is 0 Å². The SMILES string of the molecule is Cc1ccc2c(c1)oc1c(-c3cc(C)c4ccccc4n3)cccc12. The molecule has 0 spiro atoms. The first kappa shape index (κ1) is 14.2. The summed E-state index contributed by atoms with van der Waals surface area (Å²) in [6.07, 6.45) is 0. The van der Waals surface area contributed by atoms with Gasteiger partial charge in [0.1, 0.15) is 11.2 Å². The first-order valence-corrected chi connectivity index (χ1v) is 8.49. The second kappa shape index (κ2) is 5.18. The van der Waals surface area contributed by atoms with Gasteiger partial charge in [-0.3, -0.25) is 0 Å². The van der Waals surface area contributed by atoms with Crippen LogP contribution < -0.4 is 0 Å². The number of furan rings is 1. The predicted molar refractivity (Wildman–Crippen MR) is 104 cm³/mol. The standard InChI is InChI=1S/C23H17NO/c1-14-10-11-17-18-7-5-8-19(23(18)25-22(17)12-14)21-13-15(2)16-6-3-4-9-20(16)24-21/h3-13H,1-2H3. The number of nitrogens with zero attached hydrogens (tertiary/aromatic N) is 1. The third-order valence-electron chi connectivity index (χ3n) is 4.85. The van der Waals surface area contributed by atoms with Crippen molar-refractivity contribution < 1.29 is 4.42 Å². The van der Waals surface area contributed by atoms with Crippen molar-refractivity contribution in [2.75, 3.05) is 0 Å². The van der Waals surface area contributed by atoms with E-state index in [4.69, 9.17) is 9.40 Å². The van der Waals surface area contributed by atoms with E-state index in [1.54, 1.807) is 0 Å². The number of fused-ring (bicyclic) bond motifs is 4. The van der Waals surface area contributed by atoms with Crippen LogP contribution >= 0.6 is 0 Å². The maximum absolute atomic E-state index is 6.23. The van der Waals surface area contributed by atoms with E-state index in [-0.39, 0.29) is 0 Å². The average Bonchev–Trinajstić information content (AvgIpc) is 2.99. The summed E-state index contributed by atoms with van der Waals surface area (Å²) in [6.45, 7) is 4.22. The Hall–Kier alpha value is -3.13. The largest absolute Gasteiger partial charge is 0.455 e. The Morgan fingerprint density at radius 2 is 1.60 bits per heavy atom. The Morgan fingerprint density at radius 3 is 2.52 bits per heavy atom. The summed E-state index contributed by atoms with van der Waals surface area (Å²) < 4.78 is 6.23. The molecule has 120 valence electrons. The molecule has 2 heterocycles. The van der Waals surface area contributed by atoms with Crippen molar-refractivity contribution in [2.24, 2.45) is 0 Å². The normalized spacial score (nSPS) is 11.6. The van der Waals surface area contributed by atoms with Crippen LogP contribution in [-0.2, 0) is 0 Å². The molecule has 2 aromatic heterocycles. The second-order valence-electron chi connectivity index (χ2n) is 6.63. The summed E-state index contributed by atoms with van der Waals surface area (Å²) in [5, 5.41) is 3.48. The third-order valence-corrected chi connectivity index (χ3v) is 4.85. The molecular weight excluding hydrogens is 306 g/mol. The Balaban J connectivity index is 1.85. The number of para-hydroxylation sites is 2. The zero-order chi connectivity index (χ0) is 17.0. The lowest BCUT2D eigenvalue weighted by Crippen LogP contribution is -1.89. The lowest BCUT2D eigenvalue weighted by atomic mass is 10.0. The third kappa shape index (κ3) is 2.14. The summed E-state index contributed by atoms with van der Waals surface area (Å²) in [4.78, 5) is 4.88. The Bertz CT molecular complexity index is 1260. The average molecular weight is 323 g/mol. The van der Waals surface area contributed by atoms with Gasteiger partial charge in [0.05, 0.1) is 11.2 Å². The fraction of sp³-hybridized carbons (Fsp3) is 0.0870. The summed E-state index contributed by atoms with van der Waals surface area (Å²) >= 11 is 0. The van der Waals surface area contributed by atoms with E-state index in [9.17, 15) is 0 Å². The highest BCUT2D eigenvalue weighted by Gasteiger charge is 2.14. The van der Waals surface area contributed by atoms with Crippen LogP contribution in [-0.4, -0.2) is 4.98 Å². The first-order chi connectivity index (χ1) is 12.2. The van der Waals surface area contributed by atoms with Gasteiger partial charge < -0.3 is 4.42 Å². The molecule has 0 aliphatic heterocycles. The van der Waals surface area contributed by atoms with E-state index in [1.165, 1.54) is 16.5 Å². The summed E-state index contributed by atoms with van der Waals surface area (Å²) in [7, 11) is 0.